The summed E-state index contributed by atoms with van der Waals surface area (Å²) in [6, 6.07) is 3.28. The van der Waals surface area contributed by atoms with Gasteiger partial charge in [-0.15, -0.1) is 11.3 Å². The maximum Gasteiger partial charge on any atom is 0.335 e. The molecule has 2 N–H and O–H groups in total. The first kappa shape index (κ1) is 21.3. The molecule has 2 rings (SSSR count). The van der Waals surface area contributed by atoms with Gasteiger partial charge in [0.05, 0.1) is 12.7 Å². The molecule has 0 spiro atoms. The molecule has 1 aromatic heterocycles. The number of nitrogens with one attached hydrogen (secondary N) is 2. The van der Waals surface area contributed by atoms with Crippen molar-refractivity contribution in [2.75, 3.05) is 19.8 Å². The summed E-state index contributed by atoms with van der Waals surface area (Å²) in [4.78, 5) is 36.8. The number of carbonyl (C=O) groups is 3. The van der Waals surface area contributed by atoms with E-state index in [1.165, 1.54) is 6.92 Å². The van der Waals surface area contributed by atoms with Crippen molar-refractivity contribution in [3.05, 3.63) is 22.4 Å². The first-order valence-electron chi connectivity index (χ1n) is 9.00. The third-order valence-corrected chi connectivity index (χ3v) is 4.96. The van der Waals surface area contributed by atoms with E-state index in [1.54, 1.807) is 18.3 Å². The number of thiophene rings is 1. The summed E-state index contributed by atoms with van der Waals surface area (Å²) in [5.41, 5.74) is 0. The Morgan fingerprint density at radius 3 is 2.81 bits per heavy atom. The van der Waals surface area contributed by atoms with Gasteiger partial charge < -0.3 is 19.5 Å². The smallest absolute Gasteiger partial charge is 0.335 e. The van der Waals surface area contributed by atoms with Gasteiger partial charge in [-0.1, -0.05) is 6.07 Å². The van der Waals surface area contributed by atoms with Crippen molar-refractivity contribution < 1.29 is 28.6 Å². The number of hydrogen-bond donors (Lipinski definition) is 2. The zero-order chi connectivity index (χ0) is 19.6. The molecule has 0 aliphatic carbocycles. The highest BCUT2D eigenvalue weighted by Gasteiger charge is 2.25. The molecule has 0 aromatic carbocycles. The topological polar surface area (TPSA) is 103 Å². The van der Waals surface area contributed by atoms with Crippen LogP contribution < -0.4 is 10.6 Å². The van der Waals surface area contributed by atoms with Crippen LogP contribution in [-0.2, 0) is 30.2 Å². The van der Waals surface area contributed by atoms with Gasteiger partial charge in [0.25, 0.3) is 5.91 Å². The van der Waals surface area contributed by atoms with Gasteiger partial charge in [-0.05, 0) is 44.6 Å². The van der Waals surface area contributed by atoms with Crippen LogP contribution in [0.4, 0.5) is 4.79 Å². The summed E-state index contributed by atoms with van der Waals surface area (Å²) < 4.78 is 15.9. The van der Waals surface area contributed by atoms with Crippen LogP contribution in [0.25, 0.3) is 0 Å². The van der Waals surface area contributed by atoms with E-state index in [0.29, 0.717) is 26.2 Å². The van der Waals surface area contributed by atoms with E-state index in [9.17, 15) is 14.4 Å². The molecule has 0 saturated carbocycles. The molecule has 1 aliphatic heterocycles. The summed E-state index contributed by atoms with van der Waals surface area (Å²) in [5, 5.41) is 6.71. The standard InChI is InChI=1S/C18H26N2O6S/c1-12(26-17(22)13(2)25-11-14-5-3-9-24-14)16(21)20-18(23)19-8-7-15-6-4-10-27-15/h4,6,10,12-14H,3,5,7-9,11H2,1-2H3,(H2,19,20,21,23). The van der Waals surface area contributed by atoms with Crippen LogP contribution in [0.15, 0.2) is 17.5 Å². The quantitative estimate of drug-likeness (QED) is 0.613. The zero-order valence-corrected chi connectivity index (χ0v) is 16.4. The summed E-state index contributed by atoms with van der Waals surface area (Å²) in [7, 11) is 0. The molecule has 3 atom stereocenters. The highest BCUT2D eigenvalue weighted by molar-refractivity contribution is 7.09. The van der Waals surface area contributed by atoms with E-state index in [0.717, 1.165) is 17.7 Å². The molecule has 1 aliphatic rings. The second-order valence-electron chi connectivity index (χ2n) is 6.26. The molecule has 27 heavy (non-hydrogen) atoms. The number of amides is 3. The zero-order valence-electron chi connectivity index (χ0n) is 15.6. The molecule has 8 nitrogen and oxygen atoms in total. The second kappa shape index (κ2) is 11.0. The number of imide groups is 1. The van der Waals surface area contributed by atoms with Crippen molar-refractivity contribution in [1.82, 2.24) is 10.6 Å². The molecular formula is C18H26N2O6S. The van der Waals surface area contributed by atoms with Crippen LogP contribution in [0.3, 0.4) is 0 Å². The van der Waals surface area contributed by atoms with E-state index in [4.69, 9.17) is 14.2 Å². The molecule has 0 radical (unpaired) electrons. The normalized spacial score (nSPS) is 18.5. The Balaban J connectivity index is 1.62. The molecule has 3 unspecified atom stereocenters. The highest BCUT2D eigenvalue weighted by atomic mass is 32.1. The number of carbonyl (C=O) groups excluding carboxylic acids is 3. The summed E-state index contributed by atoms with van der Waals surface area (Å²) >= 11 is 1.60. The molecule has 2 heterocycles. The fourth-order valence-corrected chi connectivity index (χ4v) is 3.14. The predicted molar refractivity (Wildman–Crippen MR) is 99.5 cm³/mol. The Morgan fingerprint density at radius 2 is 2.15 bits per heavy atom. The Morgan fingerprint density at radius 1 is 1.33 bits per heavy atom. The van der Waals surface area contributed by atoms with Crippen molar-refractivity contribution >= 4 is 29.2 Å². The van der Waals surface area contributed by atoms with E-state index in [2.05, 4.69) is 10.6 Å². The molecule has 1 aromatic rings. The van der Waals surface area contributed by atoms with Crippen LogP contribution in [0.1, 0.15) is 31.6 Å². The molecule has 9 heteroatoms. The van der Waals surface area contributed by atoms with E-state index < -0.39 is 30.1 Å². The van der Waals surface area contributed by atoms with Gasteiger partial charge in [-0.3, -0.25) is 10.1 Å². The summed E-state index contributed by atoms with van der Waals surface area (Å²) in [5.74, 6) is -1.35. The SMILES string of the molecule is CC(OC(=O)C(C)OCC1CCCO1)C(=O)NC(=O)NCCc1cccs1. The molecule has 0 bridgehead atoms. The minimum atomic E-state index is -1.10. The molecule has 1 saturated heterocycles. The molecule has 1 fully saturated rings. The Bertz CT molecular complexity index is 615. The third kappa shape index (κ3) is 7.66. The second-order valence-corrected chi connectivity index (χ2v) is 7.30. The Labute approximate surface area is 162 Å². The first-order chi connectivity index (χ1) is 13.0. The van der Waals surface area contributed by atoms with Gasteiger partial charge in [0.2, 0.25) is 0 Å². The number of hydrogen-bond acceptors (Lipinski definition) is 7. The lowest BCUT2D eigenvalue weighted by atomic mass is 10.2. The maximum atomic E-state index is 12.0. The number of urea groups is 1. The minimum absolute atomic E-state index is 0.00107. The van der Waals surface area contributed by atoms with Gasteiger partial charge in [-0.25, -0.2) is 9.59 Å². The Kier molecular flexibility index (Phi) is 8.70. The predicted octanol–water partition coefficient (Wildman–Crippen LogP) is 1.63. The van der Waals surface area contributed by atoms with Crippen LogP contribution in [0.2, 0.25) is 0 Å². The van der Waals surface area contributed by atoms with Gasteiger partial charge in [0.1, 0.15) is 0 Å². The van der Waals surface area contributed by atoms with Crippen LogP contribution >= 0.6 is 11.3 Å². The van der Waals surface area contributed by atoms with E-state index in [-0.39, 0.29) is 6.10 Å². The van der Waals surface area contributed by atoms with Gasteiger partial charge >= 0.3 is 12.0 Å². The van der Waals surface area contributed by atoms with Gasteiger partial charge in [-0.2, -0.15) is 0 Å². The van der Waals surface area contributed by atoms with Crippen LogP contribution in [0.5, 0.6) is 0 Å². The van der Waals surface area contributed by atoms with Crippen LogP contribution in [-0.4, -0.2) is 56.0 Å². The maximum absolute atomic E-state index is 12.0. The largest absolute Gasteiger partial charge is 0.451 e. The number of rotatable bonds is 9. The molecular weight excluding hydrogens is 372 g/mol. The van der Waals surface area contributed by atoms with Crippen molar-refractivity contribution in [3.8, 4) is 0 Å². The highest BCUT2D eigenvalue weighted by Crippen LogP contribution is 2.13. The number of esters is 1. The van der Waals surface area contributed by atoms with Crippen molar-refractivity contribution in [1.29, 1.82) is 0 Å². The Hall–Kier alpha value is -1.97. The number of ether oxygens (including phenoxy) is 3. The molecule has 3 amide bonds. The van der Waals surface area contributed by atoms with Gasteiger partial charge in [0.15, 0.2) is 12.2 Å². The van der Waals surface area contributed by atoms with Crippen molar-refractivity contribution in [3.63, 3.8) is 0 Å². The fraction of sp³-hybridized carbons (Fsp3) is 0.611. The molecule has 150 valence electrons. The lowest BCUT2D eigenvalue weighted by Gasteiger charge is -2.18. The average Bonchev–Trinajstić information content (AvgIpc) is 3.33. The van der Waals surface area contributed by atoms with Crippen molar-refractivity contribution in [2.24, 2.45) is 0 Å². The first-order valence-corrected chi connectivity index (χ1v) is 9.88. The monoisotopic (exact) mass is 398 g/mol. The van der Waals surface area contributed by atoms with Gasteiger partial charge in [0, 0.05) is 18.0 Å². The van der Waals surface area contributed by atoms with E-state index in [1.807, 2.05) is 17.5 Å². The summed E-state index contributed by atoms with van der Waals surface area (Å²) in [6.45, 7) is 4.38. The van der Waals surface area contributed by atoms with E-state index >= 15 is 0 Å². The average molecular weight is 398 g/mol. The third-order valence-electron chi connectivity index (χ3n) is 4.02. The fourth-order valence-electron chi connectivity index (χ4n) is 2.43. The van der Waals surface area contributed by atoms with Crippen molar-refractivity contribution in [2.45, 2.75) is 51.4 Å². The van der Waals surface area contributed by atoms with Crippen LogP contribution in [0, 0.1) is 0 Å². The minimum Gasteiger partial charge on any atom is -0.451 e. The lowest BCUT2D eigenvalue weighted by molar-refractivity contribution is -0.166. The lowest BCUT2D eigenvalue weighted by Crippen LogP contribution is -2.45. The summed E-state index contributed by atoms with van der Waals surface area (Å²) in [6.07, 6.45) is 0.655.